The molecule has 0 aliphatic heterocycles. The second-order valence-electron chi connectivity index (χ2n) is 8.89. The van der Waals surface area contributed by atoms with Crippen molar-refractivity contribution < 1.29 is 19.1 Å². The Morgan fingerprint density at radius 1 is 0.879 bits per heavy atom. The van der Waals surface area contributed by atoms with Gasteiger partial charge in [-0.15, -0.1) is 0 Å². The summed E-state index contributed by atoms with van der Waals surface area (Å²) >= 11 is 0. The molecular weight excluding hydrogens is 418 g/mol. The molecule has 7 nitrogen and oxygen atoms in total. The number of rotatable bonds is 10. The molecule has 0 radical (unpaired) electrons. The smallest absolute Gasteiger partial charge is 0.410 e. The van der Waals surface area contributed by atoms with Crippen LogP contribution in [0, 0.1) is 11.8 Å². The van der Waals surface area contributed by atoms with E-state index in [4.69, 9.17) is 4.74 Å². The lowest BCUT2D eigenvalue weighted by Gasteiger charge is -2.31. The van der Waals surface area contributed by atoms with E-state index in [-0.39, 0.29) is 24.3 Å². The highest BCUT2D eigenvalue weighted by Gasteiger charge is 2.33. The van der Waals surface area contributed by atoms with E-state index in [0.29, 0.717) is 12.1 Å². The molecule has 3 amide bonds. The average molecular weight is 454 g/mol. The summed E-state index contributed by atoms with van der Waals surface area (Å²) in [6, 6.07) is 16.9. The number of anilines is 1. The molecule has 2 rings (SSSR count). The average Bonchev–Trinajstić information content (AvgIpc) is 2.77. The lowest BCUT2D eigenvalue weighted by molar-refractivity contribution is -0.131. The van der Waals surface area contributed by atoms with Gasteiger partial charge in [0.05, 0.1) is 0 Å². The lowest BCUT2D eigenvalue weighted by atomic mass is 9.99. The van der Waals surface area contributed by atoms with Crippen LogP contribution in [0.5, 0.6) is 0 Å². The van der Waals surface area contributed by atoms with Crippen molar-refractivity contribution in [2.75, 3.05) is 12.4 Å². The number of hydrogen-bond donors (Lipinski definition) is 2. The Bertz CT molecular complexity index is 900. The molecule has 0 fully saturated rings. The second kappa shape index (κ2) is 12.6. The Morgan fingerprint density at radius 2 is 1.45 bits per heavy atom. The van der Waals surface area contributed by atoms with Gasteiger partial charge < -0.3 is 15.4 Å². The van der Waals surface area contributed by atoms with Crippen molar-refractivity contribution in [2.24, 2.45) is 11.8 Å². The minimum Gasteiger partial charge on any atom is -0.445 e. The van der Waals surface area contributed by atoms with Gasteiger partial charge in [-0.3, -0.25) is 14.5 Å². The molecule has 0 saturated heterocycles. The number of hydrogen-bond acceptors (Lipinski definition) is 4. The first-order valence-electron chi connectivity index (χ1n) is 11.3. The molecular formula is C26H35N3O4. The van der Waals surface area contributed by atoms with Gasteiger partial charge in [-0.25, -0.2) is 4.79 Å². The molecule has 0 aromatic heterocycles. The van der Waals surface area contributed by atoms with Crippen LogP contribution in [0.1, 0.15) is 39.7 Å². The molecule has 178 valence electrons. The van der Waals surface area contributed by atoms with Crippen molar-refractivity contribution in [2.45, 2.75) is 52.8 Å². The van der Waals surface area contributed by atoms with Crippen molar-refractivity contribution in [3.05, 3.63) is 66.2 Å². The van der Waals surface area contributed by atoms with Gasteiger partial charge >= 0.3 is 6.09 Å². The molecule has 2 atom stereocenters. The van der Waals surface area contributed by atoms with Crippen LogP contribution in [0.2, 0.25) is 0 Å². The molecule has 2 aromatic carbocycles. The summed E-state index contributed by atoms with van der Waals surface area (Å²) in [6.07, 6.45) is -0.126. The number of likely N-dealkylation sites (N-methyl/N-ethyl adjacent to an activating group) is 1. The number of amides is 3. The Balaban J connectivity index is 2.07. The van der Waals surface area contributed by atoms with Crippen molar-refractivity contribution in [1.29, 1.82) is 0 Å². The Morgan fingerprint density at radius 3 is 2.00 bits per heavy atom. The fourth-order valence-corrected chi connectivity index (χ4v) is 3.57. The van der Waals surface area contributed by atoms with E-state index in [1.165, 1.54) is 4.90 Å². The maximum Gasteiger partial charge on any atom is 0.410 e. The molecule has 0 unspecified atom stereocenters. The zero-order valence-electron chi connectivity index (χ0n) is 20.1. The predicted octanol–water partition coefficient (Wildman–Crippen LogP) is 4.45. The minimum atomic E-state index is -0.785. The van der Waals surface area contributed by atoms with Gasteiger partial charge in [0.15, 0.2) is 0 Å². The minimum absolute atomic E-state index is 0.117. The first-order chi connectivity index (χ1) is 15.7. The SMILES string of the molecule is CC(C)C[C@H](NC(=O)[C@H](C(C)C)N(C)C(=O)OCc1ccccc1)C(=O)Nc1ccccc1. The third-order valence-electron chi connectivity index (χ3n) is 5.19. The van der Waals surface area contributed by atoms with E-state index < -0.39 is 24.1 Å². The highest BCUT2D eigenvalue weighted by molar-refractivity contribution is 5.98. The molecule has 2 aromatic rings. The number of para-hydroxylation sites is 1. The van der Waals surface area contributed by atoms with Gasteiger partial charge in [0.1, 0.15) is 18.7 Å². The van der Waals surface area contributed by atoms with Crippen LogP contribution in [-0.2, 0) is 20.9 Å². The van der Waals surface area contributed by atoms with Gasteiger partial charge in [-0.05, 0) is 36.0 Å². The van der Waals surface area contributed by atoms with Gasteiger partial charge in [-0.2, -0.15) is 0 Å². The summed E-state index contributed by atoms with van der Waals surface area (Å²) in [4.78, 5) is 40.1. The van der Waals surface area contributed by atoms with E-state index >= 15 is 0 Å². The molecule has 0 aliphatic rings. The van der Waals surface area contributed by atoms with Crippen molar-refractivity contribution >= 4 is 23.6 Å². The highest BCUT2D eigenvalue weighted by Crippen LogP contribution is 2.15. The molecule has 0 aliphatic carbocycles. The van der Waals surface area contributed by atoms with Crippen molar-refractivity contribution in [3.8, 4) is 0 Å². The lowest BCUT2D eigenvalue weighted by Crippen LogP contribution is -2.55. The summed E-state index contributed by atoms with van der Waals surface area (Å²) in [7, 11) is 1.54. The third-order valence-corrected chi connectivity index (χ3v) is 5.19. The van der Waals surface area contributed by atoms with E-state index in [9.17, 15) is 14.4 Å². The van der Waals surface area contributed by atoms with Crippen LogP contribution in [0.4, 0.5) is 10.5 Å². The molecule has 0 heterocycles. The fourth-order valence-electron chi connectivity index (χ4n) is 3.57. The number of carbonyl (C=O) groups excluding carboxylic acids is 3. The molecule has 7 heteroatoms. The largest absolute Gasteiger partial charge is 0.445 e. The zero-order valence-corrected chi connectivity index (χ0v) is 20.1. The summed E-state index contributed by atoms with van der Waals surface area (Å²) in [5.41, 5.74) is 1.52. The molecule has 0 bridgehead atoms. The normalized spacial score (nSPS) is 12.7. The number of nitrogens with one attached hydrogen (secondary N) is 2. The quantitative estimate of drug-likeness (QED) is 0.556. The van der Waals surface area contributed by atoms with Gasteiger partial charge in [0.25, 0.3) is 0 Å². The molecule has 33 heavy (non-hydrogen) atoms. The summed E-state index contributed by atoms with van der Waals surface area (Å²) in [5.74, 6) is -0.683. The molecule has 2 N–H and O–H groups in total. The standard InChI is InChI=1S/C26H35N3O4/c1-18(2)16-22(24(30)27-21-14-10-7-11-15-21)28-25(31)23(19(3)4)29(5)26(32)33-17-20-12-8-6-9-13-20/h6-15,18-19,22-23H,16-17H2,1-5H3,(H,27,30)(H,28,31)/t22-,23-/m0/s1. The van der Waals surface area contributed by atoms with Crippen LogP contribution < -0.4 is 10.6 Å². The topological polar surface area (TPSA) is 87.7 Å². The number of nitrogens with zero attached hydrogens (tertiary/aromatic N) is 1. The van der Waals surface area contributed by atoms with Crippen LogP contribution in [0.15, 0.2) is 60.7 Å². The third kappa shape index (κ3) is 8.25. The van der Waals surface area contributed by atoms with E-state index in [1.54, 1.807) is 19.2 Å². The number of benzene rings is 2. The summed E-state index contributed by atoms with van der Waals surface area (Å²) < 4.78 is 5.39. The van der Waals surface area contributed by atoms with Gasteiger partial charge in [0.2, 0.25) is 11.8 Å². The Kier molecular flexibility index (Phi) is 9.91. The predicted molar refractivity (Wildman–Crippen MR) is 129 cm³/mol. The summed E-state index contributed by atoms with van der Waals surface area (Å²) in [5, 5.41) is 5.71. The maximum absolute atomic E-state index is 13.2. The zero-order chi connectivity index (χ0) is 24.4. The van der Waals surface area contributed by atoms with Gasteiger partial charge in [-0.1, -0.05) is 76.2 Å². The van der Waals surface area contributed by atoms with Crippen LogP contribution >= 0.6 is 0 Å². The first-order valence-corrected chi connectivity index (χ1v) is 11.3. The Hall–Kier alpha value is -3.35. The fraction of sp³-hybridized carbons (Fsp3) is 0.423. The molecule has 0 spiro atoms. The first kappa shape index (κ1) is 25.9. The van der Waals surface area contributed by atoms with Gasteiger partial charge in [0, 0.05) is 12.7 Å². The number of carbonyl (C=O) groups is 3. The Labute approximate surface area is 196 Å². The van der Waals surface area contributed by atoms with Crippen molar-refractivity contribution in [1.82, 2.24) is 10.2 Å². The maximum atomic E-state index is 13.2. The van der Waals surface area contributed by atoms with Crippen molar-refractivity contribution in [3.63, 3.8) is 0 Å². The van der Waals surface area contributed by atoms with E-state index in [2.05, 4.69) is 10.6 Å². The summed E-state index contributed by atoms with van der Waals surface area (Å²) in [6.45, 7) is 7.80. The van der Waals surface area contributed by atoms with Crippen LogP contribution in [0.3, 0.4) is 0 Å². The highest BCUT2D eigenvalue weighted by atomic mass is 16.6. The number of ether oxygens (including phenoxy) is 1. The molecule has 0 saturated carbocycles. The monoisotopic (exact) mass is 453 g/mol. The van der Waals surface area contributed by atoms with Crippen LogP contribution in [0.25, 0.3) is 0 Å². The second-order valence-corrected chi connectivity index (χ2v) is 8.89. The van der Waals surface area contributed by atoms with Crippen LogP contribution in [-0.4, -0.2) is 41.9 Å². The van der Waals surface area contributed by atoms with E-state index in [0.717, 1.165) is 5.56 Å². The van der Waals surface area contributed by atoms with E-state index in [1.807, 2.05) is 76.2 Å².